The van der Waals surface area contributed by atoms with E-state index in [1.165, 1.54) is 5.56 Å². The summed E-state index contributed by atoms with van der Waals surface area (Å²) in [4.78, 5) is 36.5. The van der Waals surface area contributed by atoms with E-state index >= 15 is 0 Å². The van der Waals surface area contributed by atoms with Crippen molar-refractivity contribution in [1.82, 2.24) is 20.2 Å². The number of likely N-dealkylation sites (tertiary alicyclic amines) is 1. The predicted molar refractivity (Wildman–Crippen MR) is 130 cm³/mol. The lowest BCUT2D eigenvalue weighted by atomic mass is 9.96. The van der Waals surface area contributed by atoms with Gasteiger partial charge in [-0.05, 0) is 49.4 Å². The second-order valence-electron chi connectivity index (χ2n) is 9.05. The lowest BCUT2D eigenvalue weighted by Crippen LogP contribution is -2.54. The molecule has 1 atom stereocenters. The average Bonchev–Trinajstić information content (AvgIpc) is 2.82. The number of rotatable bonds is 10. The smallest absolute Gasteiger partial charge is 0.308 e. The van der Waals surface area contributed by atoms with Gasteiger partial charge in [-0.3, -0.25) is 14.6 Å². The Bertz CT molecular complexity index is 988. The third-order valence-corrected chi connectivity index (χ3v) is 6.57. The molecule has 2 aliphatic rings. The van der Waals surface area contributed by atoms with Gasteiger partial charge >= 0.3 is 5.97 Å². The van der Waals surface area contributed by atoms with Crippen LogP contribution in [0, 0.1) is 5.92 Å². The number of fused-ring (bicyclic) bond motifs is 1. The molecular formula is C26H35N5O3. The Balaban J connectivity index is 1.28. The van der Waals surface area contributed by atoms with Crippen LogP contribution >= 0.6 is 0 Å². The molecule has 2 aromatic heterocycles. The summed E-state index contributed by atoms with van der Waals surface area (Å²) in [5, 5.41) is 6.45. The molecule has 2 N–H and O–H groups in total. The van der Waals surface area contributed by atoms with Crippen molar-refractivity contribution in [2.75, 3.05) is 38.1 Å². The normalized spacial score (nSPS) is 16.6. The van der Waals surface area contributed by atoms with E-state index in [1.54, 1.807) is 13.1 Å². The SMILES string of the molecule is CCOC(=O)C[C@H](NC(=O)C1CN(CCc2ccc3c(n2)NCCC3)C1)c1ccc(CC)nc1. The Morgan fingerprint density at radius 3 is 2.76 bits per heavy atom. The number of esters is 1. The van der Waals surface area contributed by atoms with Gasteiger partial charge in [-0.15, -0.1) is 0 Å². The molecule has 0 unspecified atom stereocenters. The molecular weight excluding hydrogens is 430 g/mol. The number of amides is 1. The first-order valence-corrected chi connectivity index (χ1v) is 12.4. The highest BCUT2D eigenvalue weighted by Gasteiger charge is 2.34. The number of aryl methyl sites for hydroxylation is 2. The zero-order valence-electron chi connectivity index (χ0n) is 20.2. The summed E-state index contributed by atoms with van der Waals surface area (Å²) < 4.78 is 5.12. The van der Waals surface area contributed by atoms with Crippen LogP contribution < -0.4 is 10.6 Å². The number of carbonyl (C=O) groups is 2. The molecule has 8 nitrogen and oxygen atoms in total. The number of carbonyl (C=O) groups excluding carboxylic acids is 2. The Kier molecular flexibility index (Phi) is 8.11. The molecule has 1 saturated heterocycles. The Labute approximate surface area is 201 Å². The summed E-state index contributed by atoms with van der Waals surface area (Å²) in [6.45, 7) is 7.44. The molecule has 0 saturated carbocycles. The maximum absolute atomic E-state index is 12.9. The number of hydrogen-bond acceptors (Lipinski definition) is 7. The summed E-state index contributed by atoms with van der Waals surface area (Å²) in [6.07, 6.45) is 5.80. The summed E-state index contributed by atoms with van der Waals surface area (Å²) in [7, 11) is 0. The first-order chi connectivity index (χ1) is 16.6. The van der Waals surface area contributed by atoms with Crippen LogP contribution in [0.2, 0.25) is 0 Å². The fraction of sp³-hybridized carbons (Fsp3) is 0.538. The number of ether oxygens (including phenoxy) is 1. The lowest BCUT2D eigenvalue weighted by molar-refractivity contribution is -0.144. The number of pyridine rings is 2. The van der Waals surface area contributed by atoms with E-state index in [0.29, 0.717) is 19.7 Å². The van der Waals surface area contributed by atoms with E-state index in [0.717, 1.165) is 61.5 Å². The molecule has 8 heteroatoms. The molecule has 4 heterocycles. The van der Waals surface area contributed by atoms with Gasteiger partial charge in [0.05, 0.1) is 25.0 Å². The van der Waals surface area contributed by atoms with Gasteiger partial charge in [0.25, 0.3) is 0 Å². The third kappa shape index (κ3) is 6.11. The monoisotopic (exact) mass is 465 g/mol. The maximum atomic E-state index is 12.9. The number of nitrogens with zero attached hydrogens (tertiary/aromatic N) is 3. The molecule has 0 radical (unpaired) electrons. The fourth-order valence-electron chi connectivity index (χ4n) is 4.48. The predicted octanol–water partition coefficient (Wildman–Crippen LogP) is 2.68. The second kappa shape index (κ2) is 11.4. The first-order valence-electron chi connectivity index (χ1n) is 12.4. The van der Waals surface area contributed by atoms with E-state index in [2.05, 4.69) is 32.7 Å². The zero-order chi connectivity index (χ0) is 23.9. The van der Waals surface area contributed by atoms with Crippen molar-refractivity contribution >= 4 is 17.7 Å². The Hall–Kier alpha value is -3.00. The minimum atomic E-state index is -0.439. The Morgan fingerprint density at radius 2 is 2.03 bits per heavy atom. The molecule has 0 bridgehead atoms. The van der Waals surface area contributed by atoms with Gasteiger partial charge in [-0.2, -0.15) is 0 Å². The van der Waals surface area contributed by atoms with E-state index in [4.69, 9.17) is 9.72 Å². The fourth-order valence-corrected chi connectivity index (χ4v) is 4.48. The van der Waals surface area contributed by atoms with Crippen molar-refractivity contribution in [3.05, 3.63) is 53.0 Å². The summed E-state index contributed by atoms with van der Waals surface area (Å²) in [6, 6.07) is 7.74. The van der Waals surface area contributed by atoms with Crippen molar-refractivity contribution < 1.29 is 14.3 Å². The molecule has 1 fully saturated rings. The van der Waals surface area contributed by atoms with Crippen LogP contribution in [-0.4, -0.2) is 59.5 Å². The first kappa shape index (κ1) is 24.1. The van der Waals surface area contributed by atoms with Crippen LogP contribution in [0.4, 0.5) is 5.82 Å². The molecule has 4 rings (SSSR count). The molecule has 182 valence electrons. The highest BCUT2D eigenvalue weighted by atomic mass is 16.5. The van der Waals surface area contributed by atoms with Gasteiger partial charge in [0, 0.05) is 50.2 Å². The minimum Gasteiger partial charge on any atom is -0.466 e. The number of aromatic nitrogens is 2. The molecule has 2 aromatic rings. The number of nitrogens with one attached hydrogen (secondary N) is 2. The number of hydrogen-bond donors (Lipinski definition) is 2. The van der Waals surface area contributed by atoms with Gasteiger partial charge in [-0.1, -0.05) is 19.1 Å². The molecule has 0 aromatic carbocycles. The Morgan fingerprint density at radius 1 is 1.21 bits per heavy atom. The van der Waals surface area contributed by atoms with Crippen LogP contribution in [0.25, 0.3) is 0 Å². The zero-order valence-corrected chi connectivity index (χ0v) is 20.2. The standard InChI is InChI=1S/C26H35N5O3/c1-3-21-9-8-19(15-28-21)23(14-24(32)34-4-2)30-26(33)20-16-31(17-20)13-11-22-10-7-18-6-5-12-27-25(18)29-22/h7-10,15,20,23H,3-6,11-14,16-17H2,1-2H3,(H,27,29)(H,30,33)/t23-/m0/s1. The van der Waals surface area contributed by atoms with Crippen molar-refractivity contribution in [3.8, 4) is 0 Å². The lowest BCUT2D eigenvalue weighted by Gasteiger charge is -2.38. The van der Waals surface area contributed by atoms with Crippen molar-refractivity contribution in [1.29, 1.82) is 0 Å². The highest BCUT2D eigenvalue weighted by molar-refractivity contribution is 5.81. The maximum Gasteiger partial charge on any atom is 0.308 e. The second-order valence-corrected chi connectivity index (χ2v) is 9.05. The van der Waals surface area contributed by atoms with E-state index in [9.17, 15) is 9.59 Å². The van der Waals surface area contributed by atoms with Crippen LogP contribution in [0.5, 0.6) is 0 Å². The highest BCUT2D eigenvalue weighted by Crippen LogP contribution is 2.23. The van der Waals surface area contributed by atoms with Crippen LogP contribution in [0.3, 0.4) is 0 Å². The summed E-state index contributed by atoms with van der Waals surface area (Å²) in [5.41, 5.74) is 4.18. The van der Waals surface area contributed by atoms with Crippen LogP contribution in [-0.2, 0) is 33.6 Å². The number of anilines is 1. The van der Waals surface area contributed by atoms with Gasteiger partial charge in [-0.25, -0.2) is 4.98 Å². The largest absolute Gasteiger partial charge is 0.466 e. The third-order valence-electron chi connectivity index (χ3n) is 6.57. The van der Waals surface area contributed by atoms with Gasteiger partial charge in [0.15, 0.2) is 0 Å². The molecule has 2 aliphatic heterocycles. The van der Waals surface area contributed by atoms with Gasteiger partial charge < -0.3 is 20.3 Å². The van der Waals surface area contributed by atoms with Crippen molar-refractivity contribution in [3.63, 3.8) is 0 Å². The molecule has 1 amide bonds. The van der Waals surface area contributed by atoms with Crippen molar-refractivity contribution in [2.45, 2.75) is 52.0 Å². The molecule has 34 heavy (non-hydrogen) atoms. The van der Waals surface area contributed by atoms with E-state index in [-0.39, 0.29) is 24.2 Å². The summed E-state index contributed by atoms with van der Waals surface area (Å²) in [5.74, 6) is 0.598. The van der Waals surface area contributed by atoms with Gasteiger partial charge in [0.2, 0.25) is 5.91 Å². The summed E-state index contributed by atoms with van der Waals surface area (Å²) >= 11 is 0. The van der Waals surface area contributed by atoms with Crippen molar-refractivity contribution in [2.24, 2.45) is 5.92 Å². The van der Waals surface area contributed by atoms with Crippen LogP contribution in [0.1, 0.15) is 55.2 Å². The van der Waals surface area contributed by atoms with E-state index < -0.39 is 6.04 Å². The topological polar surface area (TPSA) is 96.5 Å². The van der Waals surface area contributed by atoms with E-state index in [1.807, 2.05) is 19.1 Å². The quantitative estimate of drug-likeness (QED) is 0.521. The van der Waals surface area contributed by atoms with Gasteiger partial charge in [0.1, 0.15) is 5.82 Å². The van der Waals surface area contributed by atoms with Crippen LogP contribution in [0.15, 0.2) is 30.5 Å². The minimum absolute atomic E-state index is 0.0266. The molecule has 0 aliphatic carbocycles. The molecule has 0 spiro atoms. The average molecular weight is 466 g/mol.